The number of hydrogen-bond donors (Lipinski definition) is 1. The number of nitrogens with zero attached hydrogens (tertiary/aromatic N) is 1. The van der Waals surface area contributed by atoms with Crippen LogP contribution in [0, 0.1) is 5.82 Å². The standard InChI is InChI=1S/C12H15FN2O2S/c1-3-15(7-11(14)18)12(16)9-5-4-8(17-2)6-10(9)13/h4-6H,3,7H2,1-2H3,(H2,14,18). The Hall–Kier alpha value is -1.69. The Labute approximate surface area is 111 Å². The summed E-state index contributed by atoms with van der Waals surface area (Å²) in [7, 11) is 1.43. The molecule has 0 aromatic heterocycles. The van der Waals surface area contributed by atoms with Gasteiger partial charge in [0, 0.05) is 12.6 Å². The SMILES string of the molecule is CCN(CC(N)=S)C(=O)c1ccc(OC)cc1F. The smallest absolute Gasteiger partial charge is 0.257 e. The molecular formula is C12H15FN2O2S. The molecule has 0 aliphatic rings. The van der Waals surface area contributed by atoms with Crippen molar-refractivity contribution in [2.45, 2.75) is 6.92 Å². The lowest BCUT2D eigenvalue weighted by Crippen LogP contribution is -2.37. The highest BCUT2D eigenvalue weighted by Crippen LogP contribution is 2.17. The largest absolute Gasteiger partial charge is 0.497 e. The third kappa shape index (κ3) is 3.40. The Morgan fingerprint density at radius 3 is 2.67 bits per heavy atom. The van der Waals surface area contributed by atoms with Gasteiger partial charge in [-0.3, -0.25) is 4.79 Å². The van der Waals surface area contributed by atoms with E-state index in [0.717, 1.165) is 0 Å². The molecule has 0 radical (unpaired) electrons. The molecule has 1 amide bonds. The van der Waals surface area contributed by atoms with Gasteiger partial charge in [0.05, 0.1) is 24.2 Å². The zero-order valence-electron chi connectivity index (χ0n) is 10.3. The number of halogens is 1. The van der Waals surface area contributed by atoms with Crippen molar-refractivity contribution in [3.05, 3.63) is 29.6 Å². The molecule has 0 unspecified atom stereocenters. The lowest BCUT2D eigenvalue weighted by Gasteiger charge is -2.20. The van der Waals surface area contributed by atoms with Crippen molar-refractivity contribution in [3.63, 3.8) is 0 Å². The molecule has 0 aliphatic heterocycles. The maximum absolute atomic E-state index is 13.7. The topological polar surface area (TPSA) is 55.6 Å². The molecule has 98 valence electrons. The molecule has 2 N–H and O–H groups in total. The van der Waals surface area contributed by atoms with E-state index < -0.39 is 11.7 Å². The minimum atomic E-state index is -0.624. The molecule has 0 atom stereocenters. The summed E-state index contributed by atoms with van der Waals surface area (Å²) < 4.78 is 18.6. The minimum Gasteiger partial charge on any atom is -0.497 e. The Morgan fingerprint density at radius 2 is 2.22 bits per heavy atom. The average Bonchev–Trinajstić information content (AvgIpc) is 2.34. The summed E-state index contributed by atoms with van der Waals surface area (Å²) in [5.41, 5.74) is 5.37. The van der Waals surface area contributed by atoms with E-state index in [1.54, 1.807) is 6.92 Å². The van der Waals surface area contributed by atoms with E-state index in [0.29, 0.717) is 12.3 Å². The molecule has 1 aromatic carbocycles. The summed E-state index contributed by atoms with van der Waals surface area (Å²) in [5, 5.41) is 0. The summed E-state index contributed by atoms with van der Waals surface area (Å²) in [4.78, 5) is 13.6. The zero-order valence-corrected chi connectivity index (χ0v) is 11.1. The van der Waals surface area contributed by atoms with Crippen LogP contribution in [0.25, 0.3) is 0 Å². The quantitative estimate of drug-likeness (QED) is 0.825. The highest BCUT2D eigenvalue weighted by atomic mass is 32.1. The normalized spacial score (nSPS) is 9.94. The molecule has 4 nitrogen and oxygen atoms in total. The van der Waals surface area contributed by atoms with E-state index in [1.807, 2.05) is 0 Å². The van der Waals surface area contributed by atoms with Gasteiger partial charge in [-0.2, -0.15) is 0 Å². The number of methoxy groups -OCH3 is 1. The second kappa shape index (κ2) is 6.30. The Kier molecular flexibility index (Phi) is 5.03. The monoisotopic (exact) mass is 270 g/mol. The summed E-state index contributed by atoms with van der Waals surface area (Å²) >= 11 is 4.75. The van der Waals surface area contributed by atoms with E-state index in [4.69, 9.17) is 22.7 Å². The summed E-state index contributed by atoms with van der Waals surface area (Å²) in [6.45, 7) is 2.31. The first kappa shape index (κ1) is 14.4. The maximum atomic E-state index is 13.7. The van der Waals surface area contributed by atoms with Crippen LogP contribution in [-0.4, -0.2) is 36.0 Å². The van der Waals surface area contributed by atoms with Gasteiger partial charge >= 0.3 is 0 Å². The fourth-order valence-corrected chi connectivity index (χ4v) is 1.64. The van der Waals surface area contributed by atoms with Crippen molar-refractivity contribution >= 4 is 23.1 Å². The number of ether oxygens (including phenoxy) is 1. The third-order valence-electron chi connectivity index (χ3n) is 2.42. The number of likely N-dealkylation sites (N-methyl/N-ethyl adjacent to an activating group) is 1. The van der Waals surface area contributed by atoms with Gasteiger partial charge in [0.2, 0.25) is 0 Å². The van der Waals surface area contributed by atoms with E-state index in [9.17, 15) is 9.18 Å². The predicted octanol–water partition coefficient (Wildman–Crippen LogP) is 1.58. The number of carbonyl (C=O) groups excluding carboxylic acids is 1. The van der Waals surface area contributed by atoms with Gasteiger partial charge in [-0.25, -0.2) is 4.39 Å². The van der Waals surface area contributed by atoms with Gasteiger partial charge < -0.3 is 15.4 Å². The Balaban J connectivity index is 2.98. The van der Waals surface area contributed by atoms with Gasteiger partial charge in [-0.1, -0.05) is 12.2 Å². The molecule has 1 rings (SSSR count). The van der Waals surface area contributed by atoms with Crippen LogP contribution in [0.15, 0.2) is 18.2 Å². The van der Waals surface area contributed by atoms with Crippen molar-refractivity contribution in [1.29, 1.82) is 0 Å². The van der Waals surface area contributed by atoms with Crippen molar-refractivity contribution in [3.8, 4) is 5.75 Å². The van der Waals surface area contributed by atoms with Crippen LogP contribution in [0.3, 0.4) is 0 Å². The van der Waals surface area contributed by atoms with Crippen LogP contribution in [0.5, 0.6) is 5.75 Å². The number of benzene rings is 1. The summed E-state index contributed by atoms with van der Waals surface area (Å²) in [5.74, 6) is -0.701. The molecular weight excluding hydrogens is 255 g/mol. The van der Waals surface area contributed by atoms with Gasteiger partial charge in [0.25, 0.3) is 5.91 Å². The molecule has 18 heavy (non-hydrogen) atoms. The molecule has 0 saturated heterocycles. The van der Waals surface area contributed by atoms with E-state index in [1.165, 1.54) is 30.2 Å². The molecule has 0 spiro atoms. The summed E-state index contributed by atoms with van der Waals surface area (Å²) in [6.07, 6.45) is 0. The molecule has 0 heterocycles. The van der Waals surface area contributed by atoms with Crippen LogP contribution in [0.4, 0.5) is 4.39 Å². The first-order valence-corrected chi connectivity index (χ1v) is 5.81. The number of hydrogen-bond acceptors (Lipinski definition) is 3. The Bertz CT molecular complexity index is 465. The summed E-state index contributed by atoms with van der Waals surface area (Å²) in [6, 6.07) is 4.09. The Morgan fingerprint density at radius 1 is 1.56 bits per heavy atom. The van der Waals surface area contributed by atoms with Crippen LogP contribution in [-0.2, 0) is 0 Å². The van der Waals surface area contributed by atoms with Crippen molar-refractivity contribution in [2.24, 2.45) is 5.73 Å². The number of nitrogens with two attached hydrogens (primary N) is 1. The van der Waals surface area contributed by atoms with Crippen LogP contribution >= 0.6 is 12.2 Å². The first-order valence-electron chi connectivity index (χ1n) is 5.40. The lowest BCUT2D eigenvalue weighted by atomic mass is 10.1. The third-order valence-corrected chi connectivity index (χ3v) is 2.55. The van der Waals surface area contributed by atoms with E-state index in [-0.39, 0.29) is 17.1 Å². The maximum Gasteiger partial charge on any atom is 0.257 e. The molecule has 0 saturated carbocycles. The van der Waals surface area contributed by atoms with Crippen LogP contribution < -0.4 is 10.5 Å². The van der Waals surface area contributed by atoms with Crippen molar-refractivity contribution < 1.29 is 13.9 Å². The van der Waals surface area contributed by atoms with Gasteiger partial charge in [0.15, 0.2) is 0 Å². The molecule has 0 fully saturated rings. The molecule has 0 aliphatic carbocycles. The fraction of sp³-hybridized carbons (Fsp3) is 0.333. The lowest BCUT2D eigenvalue weighted by molar-refractivity contribution is 0.0783. The minimum absolute atomic E-state index is 0.0195. The van der Waals surface area contributed by atoms with E-state index in [2.05, 4.69) is 0 Å². The first-order chi connectivity index (χ1) is 8.49. The van der Waals surface area contributed by atoms with Gasteiger partial charge in [0.1, 0.15) is 11.6 Å². The average molecular weight is 270 g/mol. The molecule has 0 bridgehead atoms. The zero-order chi connectivity index (χ0) is 13.7. The number of carbonyl (C=O) groups is 1. The highest BCUT2D eigenvalue weighted by molar-refractivity contribution is 7.80. The van der Waals surface area contributed by atoms with Crippen LogP contribution in [0.1, 0.15) is 17.3 Å². The second-order valence-corrected chi connectivity index (χ2v) is 4.16. The van der Waals surface area contributed by atoms with Crippen molar-refractivity contribution in [1.82, 2.24) is 4.90 Å². The second-order valence-electron chi connectivity index (χ2n) is 3.63. The van der Waals surface area contributed by atoms with E-state index >= 15 is 0 Å². The number of rotatable bonds is 5. The fourth-order valence-electron chi connectivity index (χ4n) is 1.48. The van der Waals surface area contributed by atoms with Crippen LogP contribution in [0.2, 0.25) is 0 Å². The molecule has 1 aromatic rings. The highest BCUT2D eigenvalue weighted by Gasteiger charge is 2.18. The van der Waals surface area contributed by atoms with Crippen molar-refractivity contribution in [2.75, 3.05) is 20.2 Å². The molecule has 6 heteroatoms. The van der Waals surface area contributed by atoms with Gasteiger partial charge in [-0.15, -0.1) is 0 Å². The van der Waals surface area contributed by atoms with Gasteiger partial charge in [-0.05, 0) is 19.1 Å². The predicted molar refractivity (Wildman–Crippen MR) is 71.3 cm³/mol. The number of thiocarbonyl (C=S) groups is 1. The number of amides is 1.